The van der Waals surface area contributed by atoms with Crippen molar-refractivity contribution in [2.45, 2.75) is 193 Å². The molecule has 0 aromatic heterocycles. The number of carbonyl (C=O) groups excluding carboxylic acids is 1. The van der Waals surface area contributed by atoms with Crippen molar-refractivity contribution in [2.75, 3.05) is 33.0 Å². The lowest BCUT2D eigenvalue weighted by atomic mass is 10.1. The van der Waals surface area contributed by atoms with Gasteiger partial charge in [0, 0.05) is 19.6 Å². The zero-order chi connectivity index (χ0) is 34.5. The number of hydrogen-bond donors (Lipinski definition) is 2. The normalized spacial score (nSPS) is 13.7. The van der Waals surface area contributed by atoms with Crippen molar-refractivity contribution in [1.82, 2.24) is 0 Å². The van der Waals surface area contributed by atoms with E-state index < -0.39 is 13.9 Å². The van der Waals surface area contributed by atoms with Gasteiger partial charge in [-0.3, -0.25) is 13.8 Å². The van der Waals surface area contributed by atoms with Gasteiger partial charge in [-0.1, -0.05) is 154 Å². The first-order chi connectivity index (χ1) is 22.9. The lowest BCUT2D eigenvalue weighted by molar-refractivity contribution is -0.154. The van der Waals surface area contributed by atoms with Crippen LogP contribution in [0.15, 0.2) is 12.2 Å². The van der Waals surface area contributed by atoms with E-state index in [9.17, 15) is 14.3 Å². The molecule has 0 aliphatic heterocycles. The fraction of sp³-hybridized carbons (Fsp3) is 0.921. The van der Waals surface area contributed by atoms with Crippen molar-refractivity contribution >= 4 is 13.8 Å². The van der Waals surface area contributed by atoms with E-state index in [-0.39, 0.29) is 32.3 Å². The Labute approximate surface area is 290 Å². The number of hydrogen-bond acceptors (Lipinski definition) is 7. The lowest BCUT2D eigenvalue weighted by Gasteiger charge is -2.20. The van der Waals surface area contributed by atoms with Crippen molar-refractivity contribution < 1.29 is 32.8 Å². The Kier molecular flexibility index (Phi) is 35.9. The van der Waals surface area contributed by atoms with Gasteiger partial charge in [0.25, 0.3) is 0 Å². The molecule has 2 unspecified atom stereocenters. The molecule has 0 aliphatic carbocycles. The number of unbranched alkanes of at least 4 members (excludes halogenated alkanes) is 23. The Morgan fingerprint density at radius 3 is 1.55 bits per heavy atom. The quantitative estimate of drug-likeness (QED) is 0.0285. The van der Waals surface area contributed by atoms with Gasteiger partial charge in [0.2, 0.25) is 0 Å². The minimum Gasteiger partial charge on any atom is -0.457 e. The fourth-order valence-corrected chi connectivity index (χ4v) is 6.29. The number of esters is 1. The van der Waals surface area contributed by atoms with Gasteiger partial charge in [-0.25, -0.2) is 4.57 Å². The van der Waals surface area contributed by atoms with Gasteiger partial charge in [0.15, 0.2) is 0 Å². The average Bonchev–Trinajstić information content (AvgIpc) is 3.06. The molecule has 0 spiro atoms. The number of allylic oxidation sites excluding steroid dienone is 2. The third kappa shape index (κ3) is 36.3. The van der Waals surface area contributed by atoms with Gasteiger partial charge >= 0.3 is 13.8 Å². The van der Waals surface area contributed by atoms with Gasteiger partial charge in [0.05, 0.1) is 19.8 Å². The molecule has 0 amide bonds. The summed E-state index contributed by atoms with van der Waals surface area (Å²) in [5, 5.41) is 0. The molecule has 0 heterocycles. The van der Waals surface area contributed by atoms with E-state index >= 15 is 0 Å². The van der Waals surface area contributed by atoms with Crippen LogP contribution in [0.1, 0.15) is 187 Å². The number of phosphoric ester groups is 1. The highest BCUT2D eigenvalue weighted by molar-refractivity contribution is 7.47. The summed E-state index contributed by atoms with van der Waals surface area (Å²) in [4.78, 5) is 22.3. The van der Waals surface area contributed by atoms with E-state index in [1.807, 2.05) is 0 Å². The predicted octanol–water partition coefficient (Wildman–Crippen LogP) is 11.1. The van der Waals surface area contributed by atoms with Crippen LogP contribution in [0.25, 0.3) is 0 Å². The van der Waals surface area contributed by atoms with E-state index in [1.54, 1.807) is 0 Å². The molecule has 0 aromatic carbocycles. The van der Waals surface area contributed by atoms with Crippen LogP contribution in [0.4, 0.5) is 0 Å². The summed E-state index contributed by atoms with van der Waals surface area (Å²) in [5.41, 5.74) is 5.35. The summed E-state index contributed by atoms with van der Waals surface area (Å²) in [6, 6.07) is 0. The number of ether oxygens (including phenoxy) is 2. The maximum Gasteiger partial charge on any atom is 0.472 e. The molecule has 0 bridgehead atoms. The smallest absolute Gasteiger partial charge is 0.457 e. The first-order valence-electron chi connectivity index (χ1n) is 19.7. The topological polar surface area (TPSA) is 117 Å². The molecule has 0 fully saturated rings. The van der Waals surface area contributed by atoms with Crippen LogP contribution in [-0.4, -0.2) is 49.9 Å². The fourth-order valence-electron chi connectivity index (χ4n) is 5.52. The second kappa shape index (κ2) is 36.5. The Hall–Kier alpha value is -0.760. The molecule has 47 heavy (non-hydrogen) atoms. The van der Waals surface area contributed by atoms with E-state index in [2.05, 4.69) is 26.0 Å². The Bertz CT molecular complexity index is 737. The zero-order valence-corrected chi connectivity index (χ0v) is 31.7. The van der Waals surface area contributed by atoms with Gasteiger partial charge in [0.1, 0.15) is 6.10 Å². The molecule has 0 rings (SSSR count). The standard InChI is InChI=1S/C38H76NO7P/c1-3-5-7-9-11-13-15-16-17-18-19-20-22-24-26-28-30-33-43-35-37(36-45-47(41,42)44-34-32-39)46-38(40)31-29-27-25-23-21-14-12-10-8-6-4-2/h17-18,37H,3-16,19-36,39H2,1-2H3,(H,41,42)/b18-17-. The second-order valence-corrected chi connectivity index (χ2v) is 14.6. The summed E-state index contributed by atoms with van der Waals surface area (Å²) in [6.45, 7) is 4.92. The molecule has 9 heteroatoms. The largest absolute Gasteiger partial charge is 0.472 e. The molecule has 0 saturated carbocycles. The lowest BCUT2D eigenvalue weighted by Crippen LogP contribution is -2.28. The monoisotopic (exact) mass is 690 g/mol. The maximum absolute atomic E-state index is 12.5. The molecule has 2 atom stereocenters. The number of carbonyl (C=O) groups is 1. The van der Waals surface area contributed by atoms with E-state index in [1.165, 1.54) is 135 Å². The van der Waals surface area contributed by atoms with Crippen molar-refractivity contribution in [3.63, 3.8) is 0 Å². The highest BCUT2D eigenvalue weighted by Crippen LogP contribution is 2.43. The third-order valence-electron chi connectivity index (χ3n) is 8.43. The Morgan fingerprint density at radius 1 is 0.617 bits per heavy atom. The maximum atomic E-state index is 12.5. The van der Waals surface area contributed by atoms with Crippen molar-refractivity contribution in [2.24, 2.45) is 5.73 Å². The molecule has 0 saturated heterocycles. The van der Waals surface area contributed by atoms with Gasteiger partial charge in [-0.05, 0) is 38.5 Å². The molecular weight excluding hydrogens is 613 g/mol. The molecule has 0 radical (unpaired) electrons. The first kappa shape index (κ1) is 46.2. The summed E-state index contributed by atoms with van der Waals surface area (Å²) in [6.07, 6.45) is 36.5. The third-order valence-corrected chi connectivity index (χ3v) is 9.42. The number of phosphoric acid groups is 1. The predicted molar refractivity (Wildman–Crippen MR) is 197 cm³/mol. The van der Waals surface area contributed by atoms with Crippen LogP contribution in [0.5, 0.6) is 0 Å². The van der Waals surface area contributed by atoms with Crippen molar-refractivity contribution in [3.8, 4) is 0 Å². The SMILES string of the molecule is CCCCCCCCC/C=C\CCCCCCCCOCC(COP(=O)(O)OCCN)OC(=O)CCCCCCCCCCCCC. The first-order valence-corrected chi connectivity index (χ1v) is 21.2. The van der Waals surface area contributed by atoms with Gasteiger partial charge in [-0.15, -0.1) is 0 Å². The molecule has 280 valence electrons. The molecule has 0 aromatic rings. The Balaban J connectivity index is 4.03. The minimum atomic E-state index is -4.26. The second-order valence-electron chi connectivity index (χ2n) is 13.1. The summed E-state index contributed by atoms with van der Waals surface area (Å²) < 4.78 is 33.3. The van der Waals surface area contributed by atoms with Crippen LogP contribution in [0, 0.1) is 0 Å². The molecule has 8 nitrogen and oxygen atoms in total. The summed E-state index contributed by atoms with van der Waals surface area (Å²) in [5.74, 6) is -0.332. The van der Waals surface area contributed by atoms with E-state index in [0.717, 1.165) is 32.1 Å². The minimum absolute atomic E-state index is 0.0937. The highest BCUT2D eigenvalue weighted by atomic mass is 31.2. The molecular formula is C38H76NO7P. The van der Waals surface area contributed by atoms with E-state index in [4.69, 9.17) is 24.3 Å². The van der Waals surface area contributed by atoms with Gasteiger partial charge < -0.3 is 20.1 Å². The molecule has 0 aliphatic rings. The molecule has 3 N–H and O–H groups in total. The van der Waals surface area contributed by atoms with Crippen LogP contribution in [0.3, 0.4) is 0 Å². The van der Waals surface area contributed by atoms with Crippen LogP contribution in [-0.2, 0) is 27.9 Å². The zero-order valence-electron chi connectivity index (χ0n) is 30.8. The Morgan fingerprint density at radius 2 is 1.06 bits per heavy atom. The number of nitrogens with two attached hydrogens (primary N) is 1. The summed E-state index contributed by atoms with van der Waals surface area (Å²) >= 11 is 0. The van der Waals surface area contributed by atoms with Gasteiger partial charge in [-0.2, -0.15) is 0 Å². The van der Waals surface area contributed by atoms with Crippen molar-refractivity contribution in [3.05, 3.63) is 12.2 Å². The summed E-state index contributed by atoms with van der Waals surface area (Å²) in [7, 11) is -4.26. The van der Waals surface area contributed by atoms with E-state index in [0.29, 0.717) is 13.0 Å². The highest BCUT2D eigenvalue weighted by Gasteiger charge is 2.25. The average molecular weight is 690 g/mol. The van der Waals surface area contributed by atoms with Crippen LogP contribution in [0.2, 0.25) is 0 Å². The van der Waals surface area contributed by atoms with Crippen LogP contribution >= 0.6 is 7.82 Å². The number of rotatable bonds is 38. The van der Waals surface area contributed by atoms with Crippen LogP contribution < -0.4 is 5.73 Å². The van der Waals surface area contributed by atoms with Crippen molar-refractivity contribution in [1.29, 1.82) is 0 Å².